The van der Waals surface area contributed by atoms with Crippen LogP contribution in [0.5, 0.6) is 0 Å². The highest BCUT2D eigenvalue weighted by molar-refractivity contribution is 6.17. The van der Waals surface area contributed by atoms with Crippen molar-refractivity contribution in [1.29, 1.82) is 0 Å². The van der Waals surface area contributed by atoms with Crippen molar-refractivity contribution in [3.05, 3.63) is 36.5 Å². The minimum absolute atomic E-state index is 0.190. The molecule has 0 saturated carbocycles. The van der Waals surface area contributed by atoms with Crippen LogP contribution in [0.2, 0.25) is 0 Å². The second-order valence-corrected chi connectivity index (χ2v) is 4.94. The number of aldehydes is 1. The Morgan fingerprint density at radius 3 is 2.09 bits per heavy atom. The zero-order valence-electron chi connectivity index (χ0n) is 14.9. The summed E-state index contributed by atoms with van der Waals surface area (Å²) in [5.41, 5.74) is 0. The fourth-order valence-corrected chi connectivity index (χ4v) is 1.67. The summed E-state index contributed by atoms with van der Waals surface area (Å²) in [5, 5.41) is 0. The molecule has 0 spiro atoms. The third-order valence-corrected chi connectivity index (χ3v) is 2.84. The van der Waals surface area contributed by atoms with Gasteiger partial charge in [-0.05, 0) is 58.1 Å². The number of hydrogen-bond donors (Lipinski definition) is 0. The highest BCUT2D eigenvalue weighted by atomic mass is 35.5. The molecule has 0 aliphatic rings. The molecule has 4 heteroatoms. The molecule has 0 fully saturated rings. The van der Waals surface area contributed by atoms with Crippen LogP contribution in [-0.2, 0) is 14.3 Å². The first-order chi connectivity index (χ1) is 11.3. The van der Waals surface area contributed by atoms with E-state index in [-0.39, 0.29) is 6.29 Å². The van der Waals surface area contributed by atoms with E-state index in [2.05, 4.69) is 25.2 Å². The molecule has 134 valence electrons. The van der Waals surface area contributed by atoms with Crippen LogP contribution in [0.25, 0.3) is 0 Å². The standard InChI is InChI=1S/C10H19ClO2.C9H14O/c1-3-12-10(13-4-2)8-6-5-7-9-11;1-2-3-4-5-6-7-8-9-10/h6,8,10H,3-5,7,9H2,1-2H3;3-4,7-9H,2,5-6H2,1H3/b8-6-;4-3-,8-7+. The van der Waals surface area contributed by atoms with Crippen molar-refractivity contribution < 1.29 is 14.3 Å². The van der Waals surface area contributed by atoms with Crippen LogP contribution in [0.3, 0.4) is 0 Å². The van der Waals surface area contributed by atoms with E-state index in [4.69, 9.17) is 21.1 Å². The van der Waals surface area contributed by atoms with Crippen molar-refractivity contribution in [3.63, 3.8) is 0 Å². The molecule has 0 amide bonds. The van der Waals surface area contributed by atoms with Gasteiger partial charge in [0.25, 0.3) is 0 Å². The van der Waals surface area contributed by atoms with Crippen molar-refractivity contribution in [2.45, 2.75) is 59.2 Å². The Hall–Kier alpha value is -0.900. The second-order valence-electron chi connectivity index (χ2n) is 4.56. The Kier molecular flexibility index (Phi) is 24.7. The Labute approximate surface area is 147 Å². The van der Waals surface area contributed by atoms with Crippen molar-refractivity contribution >= 4 is 17.9 Å². The number of ether oxygens (including phenoxy) is 2. The Bertz CT molecular complexity index is 306. The van der Waals surface area contributed by atoms with Gasteiger partial charge in [0.05, 0.1) is 0 Å². The summed E-state index contributed by atoms with van der Waals surface area (Å²) >= 11 is 5.54. The Balaban J connectivity index is 0. The van der Waals surface area contributed by atoms with Gasteiger partial charge in [0.1, 0.15) is 6.29 Å². The van der Waals surface area contributed by atoms with Gasteiger partial charge in [-0.2, -0.15) is 0 Å². The number of carbonyl (C=O) groups is 1. The maximum atomic E-state index is 9.79. The molecule has 0 aromatic heterocycles. The summed E-state index contributed by atoms with van der Waals surface area (Å²) in [5.74, 6) is 0.707. The zero-order valence-corrected chi connectivity index (χ0v) is 15.6. The van der Waals surface area contributed by atoms with Gasteiger partial charge in [-0.3, -0.25) is 4.79 Å². The lowest BCUT2D eigenvalue weighted by Crippen LogP contribution is -2.14. The number of allylic oxidation sites excluding steroid dienone is 5. The summed E-state index contributed by atoms with van der Waals surface area (Å²) in [4.78, 5) is 9.79. The molecule has 0 N–H and O–H groups in total. The van der Waals surface area contributed by atoms with E-state index in [1.165, 1.54) is 0 Å². The maximum absolute atomic E-state index is 9.79. The number of unbranched alkanes of at least 4 members (excludes halogenated alkanes) is 2. The Morgan fingerprint density at radius 2 is 1.57 bits per heavy atom. The van der Waals surface area contributed by atoms with E-state index in [0.29, 0.717) is 19.1 Å². The van der Waals surface area contributed by atoms with Gasteiger partial charge in [-0.15, -0.1) is 11.6 Å². The topological polar surface area (TPSA) is 35.5 Å². The van der Waals surface area contributed by atoms with Crippen LogP contribution in [0.15, 0.2) is 36.5 Å². The highest BCUT2D eigenvalue weighted by Gasteiger charge is 2.00. The van der Waals surface area contributed by atoms with Gasteiger partial charge in [0.15, 0.2) is 6.29 Å². The van der Waals surface area contributed by atoms with Crippen molar-refractivity contribution in [3.8, 4) is 0 Å². The Morgan fingerprint density at radius 1 is 0.913 bits per heavy atom. The minimum atomic E-state index is -0.190. The first kappa shape index (κ1) is 24.4. The van der Waals surface area contributed by atoms with E-state index in [1.54, 1.807) is 6.08 Å². The average molecular weight is 345 g/mol. The molecule has 0 saturated heterocycles. The smallest absolute Gasteiger partial charge is 0.176 e. The van der Waals surface area contributed by atoms with Gasteiger partial charge in [-0.1, -0.05) is 31.2 Å². The fraction of sp³-hybridized carbons (Fsp3) is 0.632. The number of rotatable bonds is 13. The number of carbonyl (C=O) groups excluding carboxylic acids is 1. The van der Waals surface area contributed by atoms with Gasteiger partial charge >= 0.3 is 0 Å². The predicted octanol–water partition coefficient (Wildman–Crippen LogP) is 5.45. The van der Waals surface area contributed by atoms with Crippen molar-refractivity contribution in [2.24, 2.45) is 0 Å². The number of hydrogen-bond acceptors (Lipinski definition) is 3. The largest absolute Gasteiger partial charge is 0.349 e. The zero-order chi connectivity index (χ0) is 17.6. The van der Waals surface area contributed by atoms with Crippen LogP contribution in [0, 0.1) is 0 Å². The quantitative estimate of drug-likeness (QED) is 0.111. The summed E-state index contributed by atoms with van der Waals surface area (Å²) in [6.45, 7) is 7.37. The third kappa shape index (κ3) is 23.5. The van der Waals surface area contributed by atoms with Crippen LogP contribution >= 0.6 is 11.6 Å². The first-order valence-electron chi connectivity index (χ1n) is 8.47. The molecule has 0 radical (unpaired) electrons. The SMILES string of the molecule is CC/C=C\CC/C=C/C=O.CCOC(/C=C\CCCCl)OCC. The van der Waals surface area contributed by atoms with E-state index in [1.807, 2.05) is 26.0 Å². The van der Waals surface area contributed by atoms with Gasteiger partial charge in [0.2, 0.25) is 0 Å². The lowest BCUT2D eigenvalue weighted by atomic mass is 10.2. The molecule has 0 heterocycles. The van der Waals surface area contributed by atoms with Crippen molar-refractivity contribution in [1.82, 2.24) is 0 Å². The van der Waals surface area contributed by atoms with Crippen molar-refractivity contribution in [2.75, 3.05) is 19.1 Å². The molecule has 0 bridgehead atoms. The second kappa shape index (κ2) is 23.4. The molecule has 3 nitrogen and oxygen atoms in total. The summed E-state index contributed by atoms with van der Waals surface area (Å²) in [6, 6.07) is 0. The lowest BCUT2D eigenvalue weighted by molar-refractivity contribution is -0.104. The summed E-state index contributed by atoms with van der Waals surface area (Å²) in [6.07, 6.45) is 17.4. The predicted molar refractivity (Wildman–Crippen MR) is 100 cm³/mol. The minimum Gasteiger partial charge on any atom is -0.349 e. The van der Waals surface area contributed by atoms with E-state index in [0.717, 1.165) is 38.4 Å². The molecule has 23 heavy (non-hydrogen) atoms. The van der Waals surface area contributed by atoms with E-state index in [9.17, 15) is 4.79 Å². The monoisotopic (exact) mass is 344 g/mol. The molecule has 0 unspecified atom stereocenters. The van der Waals surface area contributed by atoms with Crippen LogP contribution in [0.4, 0.5) is 0 Å². The third-order valence-electron chi connectivity index (χ3n) is 2.58. The molecule has 0 aromatic carbocycles. The molecular weight excluding hydrogens is 312 g/mol. The highest BCUT2D eigenvalue weighted by Crippen LogP contribution is 2.00. The molecule has 0 aromatic rings. The maximum Gasteiger partial charge on any atom is 0.176 e. The summed E-state index contributed by atoms with van der Waals surface area (Å²) < 4.78 is 10.6. The normalized spacial score (nSPS) is 11.5. The number of alkyl halides is 1. The van der Waals surface area contributed by atoms with E-state index >= 15 is 0 Å². The molecular formula is C19H33ClO3. The fourth-order valence-electron chi connectivity index (χ4n) is 1.52. The molecule has 0 aliphatic carbocycles. The summed E-state index contributed by atoms with van der Waals surface area (Å²) in [7, 11) is 0. The van der Waals surface area contributed by atoms with Crippen LogP contribution in [0.1, 0.15) is 52.9 Å². The van der Waals surface area contributed by atoms with E-state index < -0.39 is 0 Å². The molecule has 0 rings (SSSR count). The molecule has 0 atom stereocenters. The van der Waals surface area contributed by atoms with Crippen LogP contribution < -0.4 is 0 Å². The molecule has 0 aliphatic heterocycles. The average Bonchev–Trinajstić information content (AvgIpc) is 2.56. The number of halogens is 1. The van der Waals surface area contributed by atoms with Gasteiger partial charge in [0, 0.05) is 19.1 Å². The first-order valence-corrected chi connectivity index (χ1v) is 9.01. The van der Waals surface area contributed by atoms with Gasteiger partial charge in [-0.25, -0.2) is 0 Å². The van der Waals surface area contributed by atoms with Crippen LogP contribution in [-0.4, -0.2) is 31.7 Å². The van der Waals surface area contributed by atoms with Gasteiger partial charge < -0.3 is 9.47 Å². The lowest BCUT2D eigenvalue weighted by Gasteiger charge is -2.12.